The Morgan fingerprint density at radius 2 is 2.05 bits per heavy atom. The highest BCUT2D eigenvalue weighted by atomic mass is 16.5. The predicted molar refractivity (Wildman–Crippen MR) is 82.9 cm³/mol. The Bertz CT molecular complexity index is 419. The molecule has 1 aliphatic carbocycles. The molecule has 1 aromatic rings. The number of hydrogen-bond acceptors (Lipinski definition) is 2. The summed E-state index contributed by atoms with van der Waals surface area (Å²) in [5.41, 5.74) is 1.52. The summed E-state index contributed by atoms with van der Waals surface area (Å²) in [5.74, 6) is 2.28. The Kier molecular flexibility index (Phi) is 4.42. The minimum absolute atomic E-state index is 0.444. The van der Waals surface area contributed by atoms with Crippen LogP contribution in [0.25, 0.3) is 0 Å². The molecule has 5 atom stereocenters. The third kappa shape index (κ3) is 3.07. The average Bonchev–Trinajstić information content (AvgIpc) is 3.15. The van der Waals surface area contributed by atoms with Gasteiger partial charge in [-0.25, -0.2) is 0 Å². The van der Waals surface area contributed by atoms with Gasteiger partial charge >= 0.3 is 0 Å². The second-order valence-corrected chi connectivity index (χ2v) is 6.54. The van der Waals surface area contributed by atoms with Gasteiger partial charge in [-0.15, -0.1) is 0 Å². The maximum absolute atomic E-state index is 5.81. The summed E-state index contributed by atoms with van der Waals surface area (Å²) in [6, 6.07) is 11.7. The molecule has 1 aliphatic heterocycles. The van der Waals surface area contributed by atoms with Crippen molar-refractivity contribution in [3.8, 4) is 0 Å². The van der Waals surface area contributed by atoms with Crippen molar-refractivity contribution in [2.75, 3.05) is 13.2 Å². The monoisotopic (exact) mass is 273 g/mol. The van der Waals surface area contributed by atoms with E-state index in [1.165, 1.54) is 24.8 Å². The van der Waals surface area contributed by atoms with Gasteiger partial charge in [0.05, 0.1) is 12.7 Å². The molecule has 1 heterocycles. The second kappa shape index (κ2) is 6.28. The lowest BCUT2D eigenvalue weighted by atomic mass is 9.91. The molecule has 2 aliphatic rings. The van der Waals surface area contributed by atoms with Crippen LogP contribution < -0.4 is 5.32 Å². The van der Waals surface area contributed by atoms with E-state index in [9.17, 15) is 0 Å². The van der Waals surface area contributed by atoms with E-state index in [0.29, 0.717) is 18.1 Å². The minimum Gasteiger partial charge on any atom is -0.378 e. The third-order valence-corrected chi connectivity index (χ3v) is 4.90. The van der Waals surface area contributed by atoms with Crippen LogP contribution in [0, 0.1) is 11.8 Å². The zero-order valence-electron chi connectivity index (χ0n) is 12.7. The second-order valence-electron chi connectivity index (χ2n) is 6.54. The van der Waals surface area contributed by atoms with Crippen LogP contribution in [0.15, 0.2) is 30.3 Å². The first-order valence-corrected chi connectivity index (χ1v) is 8.19. The topological polar surface area (TPSA) is 21.3 Å². The molecule has 0 amide bonds. The Hall–Kier alpha value is -0.860. The highest BCUT2D eigenvalue weighted by molar-refractivity contribution is 5.27. The van der Waals surface area contributed by atoms with E-state index in [-0.39, 0.29) is 0 Å². The van der Waals surface area contributed by atoms with Gasteiger partial charge in [0.15, 0.2) is 0 Å². The molecule has 110 valence electrons. The molecule has 2 heteroatoms. The van der Waals surface area contributed by atoms with E-state index in [0.717, 1.165) is 25.0 Å². The predicted octanol–water partition coefficient (Wildman–Crippen LogP) is 3.58. The molecule has 0 radical (unpaired) electrons. The van der Waals surface area contributed by atoms with E-state index in [1.807, 2.05) is 0 Å². The van der Waals surface area contributed by atoms with Crippen molar-refractivity contribution in [2.24, 2.45) is 11.8 Å². The smallest absolute Gasteiger partial charge is 0.0551 e. The summed E-state index contributed by atoms with van der Waals surface area (Å²) in [6.07, 6.45) is 4.22. The maximum Gasteiger partial charge on any atom is 0.0551 e. The number of ether oxygens (including phenoxy) is 1. The van der Waals surface area contributed by atoms with Crippen LogP contribution in [0.3, 0.4) is 0 Å². The summed E-state index contributed by atoms with van der Waals surface area (Å²) < 4.78 is 5.81. The van der Waals surface area contributed by atoms with E-state index < -0.39 is 0 Å². The highest BCUT2D eigenvalue weighted by Gasteiger charge is 2.47. The van der Waals surface area contributed by atoms with Gasteiger partial charge in [0.1, 0.15) is 0 Å². The standard InChI is InChI=1S/C18H27NO/c1-3-9-19-18(15-10-13(2)20-12-15)17-11-16(17)14-7-5-4-6-8-14/h4-8,13,15-19H,3,9-12H2,1-2H3. The number of benzene rings is 1. The average molecular weight is 273 g/mol. The molecular weight excluding hydrogens is 246 g/mol. The molecule has 1 N–H and O–H groups in total. The van der Waals surface area contributed by atoms with Crippen molar-refractivity contribution >= 4 is 0 Å². The molecule has 3 rings (SSSR count). The molecule has 0 bridgehead atoms. The van der Waals surface area contributed by atoms with E-state index in [1.54, 1.807) is 0 Å². The molecule has 1 saturated carbocycles. The van der Waals surface area contributed by atoms with Gasteiger partial charge in [0.2, 0.25) is 0 Å². The molecule has 0 aromatic heterocycles. The Morgan fingerprint density at radius 3 is 2.70 bits per heavy atom. The Labute approximate surface area is 122 Å². The van der Waals surface area contributed by atoms with Crippen LogP contribution in [0.5, 0.6) is 0 Å². The molecule has 1 aromatic carbocycles. The van der Waals surface area contributed by atoms with Crippen LogP contribution in [0.1, 0.15) is 44.6 Å². The summed E-state index contributed by atoms with van der Waals surface area (Å²) in [7, 11) is 0. The first kappa shape index (κ1) is 14.1. The van der Waals surface area contributed by atoms with Crippen LogP contribution >= 0.6 is 0 Å². The quantitative estimate of drug-likeness (QED) is 0.855. The fraction of sp³-hybridized carbons (Fsp3) is 0.667. The van der Waals surface area contributed by atoms with Gasteiger partial charge in [-0.1, -0.05) is 37.3 Å². The summed E-state index contributed by atoms with van der Waals surface area (Å²) in [4.78, 5) is 0. The van der Waals surface area contributed by atoms with Crippen LogP contribution in [0.4, 0.5) is 0 Å². The fourth-order valence-electron chi connectivity index (χ4n) is 3.77. The molecule has 0 spiro atoms. The lowest BCUT2D eigenvalue weighted by Gasteiger charge is -2.24. The van der Waals surface area contributed by atoms with Crippen molar-refractivity contribution in [3.05, 3.63) is 35.9 Å². The first-order valence-electron chi connectivity index (χ1n) is 8.19. The fourth-order valence-corrected chi connectivity index (χ4v) is 3.77. The molecule has 1 saturated heterocycles. The van der Waals surface area contributed by atoms with Gasteiger partial charge in [-0.05, 0) is 50.1 Å². The van der Waals surface area contributed by atoms with Gasteiger partial charge in [-0.3, -0.25) is 0 Å². The van der Waals surface area contributed by atoms with Crippen LogP contribution in [-0.4, -0.2) is 25.3 Å². The Morgan fingerprint density at radius 1 is 1.25 bits per heavy atom. The number of rotatable bonds is 6. The highest BCUT2D eigenvalue weighted by Crippen LogP contribution is 2.51. The van der Waals surface area contributed by atoms with Crippen molar-refractivity contribution in [3.63, 3.8) is 0 Å². The maximum atomic E-state index is 5.81. The molecule has 5 unspecified atom stereocenters. The lowest BCUT2D eigenvalue weighted by molar-refractivity contribution is 0.115. The van der Waals surface area contributed by atoms with E-state index in [2.05, 4.69) is 49.5 Å². The van der Waals surface area contributed by atoms with Crippen molar-refractivity contribution < 1.29 is 4.74 Å². The Balaban J connectivity index is 1.65. The molecular formula is C18H27NO. The zero-order valence-corrected chi connectivity index (χ0v) is 12.7. The zero-order chi connectivity index (χ0) is 13.9. The minimum atomic E-state index is 0.444. The van der Waals surface area contributed by atoms with Gasteiger partial charge in [0.25, 0.3) is 0 Å². The van der Waals surface area contributed by atoms with Crippen molar-refractivity contribution in [1.29, 1.82) is 0 Å². The molecule has 2 fully saturated rings. The SMILES string of the molecule is CCCNC(C1COC(C)C1)C1CC1c1ccccc1. The van der Waals surface area contributed by atoms with Crippen molar-refractivity contribution in [1.82, 2.24) is 5.32 Å². The number of hydrogen-bond donors (Lipinski definition) is 1. The first-order chi connectivity index (χ1) is 9.79. The van der Waals surface area contributed by atoms with Gasteiger partial charge in [0, 0.05) is 12.0 Å². The lowest BCUT2D eigenvalue weighted by Crippen LogP contribution is -2.39. The molecule has 2 nitrogen and oxygen atoms in total. The van der Waals surface area contributed by atoms with E-state index in [4.69, 9.17) is 4.74 Å². The largest absolute Gasteiger partial charge is 0.378 e. The van der Waals surface area contributed by atoms with Gasteiger partial charge < -0.3 is 10.1 Å². The van der Waals surface area contributed by atoms with Crippen LogP contribution in [0.2, 0.25) is 0 Å². The number of nitrogens with one attached hydrogen (secondary N) is 1. The summed E-state index contributed by atoms with van der Waals surface area (Å²) >= 11 is 0. The normalized spacial score (nSPS) is 34.1. The molecule has 20 heavy (non-hydrogen) atoms. The van der Waals surface area contributed by atoms with Crippen LogP contribution in [-0.2, 0) is 4.74 Å². The summed E-state index contributed by atoms with van der Waals surface area (Å²) in [6.45, 7) is 6.53. The van der Waals surface area contributed by atoms with E-state index >= 15 is 0 Å². The summed E-state index contributed by atoms with van der Waals surface area (Å²) in [5, 5.41) is 3.81. The third-order valence-electron chi connectivity index (χ3n) is 4.90. The van der Waals surface area contributed by atoms with Gasteiger partial charge in [-0.2, -0.15) is 0 Å². The van der Waals surface area contributed by atoms with Crippen molar-refractivity contribution in [2.45, 2.75) is 51.2 Å².